The van der Waals surface area contributed by atoms with E-state index in [1.54, 1.807) is 6.08 Å². The number of nitrogens with zero attached hydrogens (tertiary/aromatic N) is 1. The van der Waals surface area contributed by atoms with Crippen LogP contribution in [0.5, 0.6) is 0 Å². The summed E-state index contributed by atoms with van der Waals surface area (Å²) in [5.74, 6) is 0.0000127. The smallest absolute Gasteiger partial charge is 0.247 e. The number of likely N-dealkylation sites (N-methyl/N-ethyl adjacent to an activating group) is 1. The molecule has 33 heavy (non-hydrogen) atoms. The second-order valence-corrected chi connectivity index (χ2v) is 9.95. The summed E-state index contributed by atoms with van der Waals surface area (Å²) in [5.41, 5.74) is 9.24. The molecule has 3 aromatic rings. The van der Waals surface area contributed by atoms with Crippen LogP contribution in [0.25, 0.3) is 6.08 Å². The van der Waals surface area contributed by atoms with Crippen molar-refractivity contribution in [1.82, 2.24) is 4.90 Å². The molecule has 1 amide bonds. The van der Waals surface area contributed by atoms with Crippen molar-refractivity contribution in [2.24, 2.45) is 11.1 Å². The van der Waals surface area contributed by atoms with Gasteiger partial charge in [0.15, 0.2) is 0 Å². The van der Waals surface area contributed by atoms with Gasteiger partial charge in [-0.25, -0.2) is 0 Å². The van der Waals surface area contributed by atoms with Crippen molar-refractivity contribution >= 4 is 12.0 Å². The summed E-state index contributed by atoms with van der Waals surface area (Å²) in [4.78, 5) is 15.5. The van der Waals surface area contributed by atoms with Crippen molar-refractivity contribution in [2.45, 2.75) is 44.2 Å². The first-order valence-corrected chi connectivity index (χ1v) is 11.7. The minimum Gasteiger partial charge on any atom is -0.332 e. The number of rotatable bonds is 5. The van der Waals surface area contributed by atoms with E-state index >= 15 is 0 Å². The molecule has 0 heterocycles. The molecule has 0 aromatic heterocycles. The van der Waals surface area contributed by atoms with Gasteiger partial charge in [-0.3, -0.25) is 4.79 Å². The highest BCUT2D eigenvalue weighted by Gasteiger charge is 2.57. The summed E-state index contributed by atoms with van der Waals surface area (Å²) in [6.45, 7) is 4.52. The standard InChI is InChI=1S/C30H34N2O/c1-28(2)23-29(31,25-15-9-5-10-16-25)21-22-30(28,26-17-11-6-12-18-26)32(3)27(33)20-19-24-13-7-4-8-14-24/h4-20H,21-23,31H2,1-3H3/b20-19+. The number of hydrogen-bond donors (Lipinski definition) is 1. The van der Waals surface area contributed by atoms with Crippen LogP contribution in [-0.4, -0.2) is 17.9 Å². The number of carbonyl (C=O) groups is 1. The Bertz CT molecular complexity index is 1110. The zero-order chi connectivity index (χ0) is 23.5. The summed E-state index contributed by atoms with van der Waals surface area (Å²) in [7, 11) is 1.94. The first-order valence-electron chi connectivity index (χ1n) is 11.7. The topological polar surface area (TPSA) is 46.3 Å². The number of nitrogens with two attached hydrogens (primary N) is 1. The highest BCUT2D eigenvalue weighted by atomic mass is 16.2. The molecule has 0 bridgehead atoms. The normalized spacial score (nSPS) is 24.5. The molecule has 0 aliphatic heterocycles. The molecule has 170 valence electrons. The molecular formula is C30H34N2O. The predicted molar refractivity (Wildman–Crippen MR) is 136 cm³/mol. The Morgan fingerprint density at radius 3 is 1.88 bits per heavy atom. The summed E-state index contributed by atoms with van der Waals surface area (Å²) in [6, 6.07) is 30.8. The van der Waals surface area contributed by atoms with Gasteiger partial charge in [0, 0.05) is 18.7 Å². The van der Waals surface area contributed by atoms with Crippen molar-refractivity contribution in [3.8, 4) is 0 Å². The van der Waals surface area contributed by atoms with Gasteiger partial charge in [-0.2, -0.15) is 0 Å². The van der Waals surface area contributed by atoms with Crippen LogP contribution in [0.2, 0.25) is 0 Å². The van der Waals surface area contributed by atoms with Crippen LogP contribution in [0.4, 0.5) is 0 Å². The fourth-order valence-electron chi connectivity index (χ4n) is 5.88. The van der Waals surface area contributed by atoms with Gasteiger partial charge < -0.3 is 10.6 Å². The lowest BCUT2D eigenvalue weighted by Gasteiger charge is -2.59. The molecule has 3 nitrogen and oxygen atoms in total. The van der Waals surface area contributed by atoms with E-state index in [4.69, 9.17) is 5.73 Å². The molecule has 4 rings (SSSR count). The molecule has 0 spiro atoms. The first-order chi connectivity index (χ1) is 15.8. The van der Waals surface area contributed by atoms with E-state index in [1.165, 1.54) is 0 Å². The van der Waals surface area contributed by atoms with Gasteiger partial charge >= 0.3 is 0 Å². The Morgan fingerprint density at radius 2 is 1.33 bits per heavy atom. The molecule has 2 atom stereocenters. The molecule has 0 saturated heterocycles. The Morgan fingerprint density at radius 1 is 0.818 bits per heavy atom. The number of hydrogen-bond acceptors (Lipinski definition) is 2. The molecule has 3 heteroatoms. The van der Waals surface area contributed by atoms with Gasteiger partial charge in [-0.05, 0) is 47.4 Å². The molecular weight excluding hydrogens is 404 g/mol. The SMILES string of the molecule is CN(C(=O)/C=C/c1ccccc1)C1(c2ccccc2)CCC(N)(c2ccccc2)CC1(C)C. The summed E-state index contributed by atoms with van der Waals surface area (Å²) < 4.78 is 0. The summed E-state index contributed by atoms with van der Waals surface area (Å²) in [5, 5.41) is 0. The summed E-state index contributed by atoms with van der Waals surface area (Å²) >= 11 is 0. The van der Waals surface area contributed by atoms with Gasteiger partial charge in [0.25, 0.3) is 0 Å². The van der Waals surface area contributed by atoms with Crippen molar-refractivity contribution in [3.63, 3.8) is 0 Å². The summed E-state index contributed by atoms with van der Waals surface area (Å²) in [6.07, 6.45) is 5.95. The maximum Gasteiger partial charge on any atom is 0.247 e. The molecule has 3 aromatic carbocycles. The molecule has 1 saturated carbocycles. The van der Waals surface area contributed by atoms with Crippen molar-refractivity contribution < 1.29 is 4.79 Å². The molecule has 1 aliphatic rings. The largest absolute Gasteiger partial charge is 0.332 e. The predicted octanol–water partition coefficient (Wildman–Crippen LogP) is 6.12. The lowest BCUT2D eigenvalue weighted by Crippen LogP contribution is -2.62. The van der Waals surface area contributed by atoms with Gasteiger partial charge in [-0.15, -0.1) is 0 Å². The molecule has 1 aliphatic carbocycles. The van der Waals surface area contributed by atoms with Gasteiger partial charge in [0.2, 0.25) is 5.91 Å². The van der Waals surface area contributed by atoms with Crippen LogP contribution < -0.4 is 5.73 Å². The maximum absolute atomic E-state index is 13.5. The molecule has 2 N–H and O–H groups in total. The molecule has 1 fully saturated rings. The lowest BCUT2D eigenvalue weighted by atomic mass is 9.54. The highest BCUT2D eigenvalue weighted by molar-refractivity contribution is 5.92. The number of amides is 1. The maximum atomic E-state index is 13.5. The second kappa shape index (κ2) is 8.99. The van der Waals surface area contributed by atoms with E-state index < -0.39 is 11.1 Å². The monoisotopic (exact) mass is 438 g/mol. The van der Waals surface area contributed by atoms with Gasteiger partial charge in [0.1, 0.15) is 0 Å². The van der Waals surface area contributed by atoms with Crippen LogP contribution in [0, 0.1) is 5.41 Å². The van der Waals surface area contributed by atoms with Crippen LogP contribution in [0.15, 0.2) is 97.1 Å². The van der Waals surface area contributed by atoms with E-state index in [0.29, 0.717) is 0 Å². The fraction of sp³-hybridized carbons (Fsp3) is 0.300. The third-order valence-corrected chi connectivity index (χ3v) is 7.53. The van der Waals surface area contributed by atoms with Crippen molar-refractivity contribution in [3.05, 3.63) is 114 Å². The average Bonchev–Trinajstić information content (AvgIpc) is 2.84. The van der Waals surface area contributed by atoms with E-state index in [-0.39, 0.29) is 11.3 Å². The van der Waals surface area contributed by atoms with Crippen molar-refractivity contribution in [1.29, 1.82) is 0 Å². The van der Waals surface area contributed by atoms with Gasteiger partial charge in [0.05, 0.1) is 5.54 Å². The van der Waals surface area contributed by atoms with E-state index in [1.807, 2.05) is 60.5 Å². The minimum atomic E-state index is -0.468. The second-order valence-electron chi connectivity index (χ2n) is 9.95. The van der Waals surface area contributed by atoms with Crippen LogP contribution >= 0.6 is 0 Å². The molecule has 0 radical (unpaired) electrons. The molecule has 2 unspecified atom stereocenters. The zero-order valence-corrected chi connectivity index (χ0v) is 19.9. The fourth-order valence-corrected chi connectivity index (χ4v) is 5.88. The van der Waals surface area contributed by atoms with Gasteiger partial charge in [-0.1, -0.05) is 105 Å². The number of benzene rings is 3. The quantitative estimate of drug-likeness (QED) is 0.488. The zero-order valence-electron chi connectivity index (χ0n) is 19.9. The minimum absolute atomic E-state index is 0.0000127. The van der Waals surface area contributed by atoms with Crippen LogP contribution in [0.3, 0.4) is 0 Å². The Labute approximate surface area is 197 Å². The van der Waals surface area contributed by atoms with Crippen LogP contribution in [-0.2, 0) is 15.9 Å². The Kier molecular flexibility index (Phi) is 6.27. The van der Waals surface area contributed by atoms with E-state index in [2.05, 4.69) is 62.4 Å². The lowest BCUT2D eigenvalue weighted by molar-refractivity contribution is -0.142. The van der Waals surface area contributed by atoms with E-state index in [0.717, 1.165) is 36.0 Å². The van der Waals surface area contributed by atoms with Crippen LogP contribution in [0.1, 0.15) is 49.8 Å². The third kappa shape index (κ3) is 4.26. The van der Waals surface area contributed by atoms with Crippen molar-refractivity contribution in [2.75, 3.05) is 7.05 Å². The first kappa shape index (κ1) is 23.0. The third-order valence-electron chi connectivity index (χ3n) is 7.53. The Balaban J connectivity index is 1.73. The highest BCUT2D eigenvalue weighted by Crippen LogP contribution is 2.57. The number of carbonyl (C=O) groups excluding carboxylic acids is 1. The Hall–Kier alpha value is -3.17. The average molecular weight is 439 g/mol. The van der Waals surface area contributed by atoms with E-state index in [9.17, 15) is 4.79 Å².